The predicted molar refractivity (Wildman–Crippen MR) is 122 cm³/mol. The maximum absolute atomic E-state index is 13.3. The second-order valence-electron chi connectivity index (χ2n) is 8.60. The van der Waals surface area contributed by atoms with Crippen LogP contribution in [0.5, 0.6) is 0 Å². The van der Waals surface area contributed by atoms with Crippen LogP contribution in [0.1, 0.15) is 43.5 Å². The van der Waals surface area contributed by atoms with Crippen LogP contribution < -0.4 is 5.32 Å². The number of carbonyl (C=O) groups excluding carboxylic acids is 2. The number of hydrogen-bond acceptors (Lipinski definition) is 4. The van der Waals surface area contributed by atoms with Crippen LogP contribution in [0.2, 0.25) is 0 Å². The van der Waals surface area contributed by atoms with Crippen molar-refractivity contribution in [2.75, 3.05) is 6.61 Å². The summed E-state index contributed by atoms with van der Waals surface area (Å²) >= 11 is 0. The van der Waals surface area contributed by atoms with Gasteiger partial charge in [0, 0.05) is 17.0 Å². The molecule has 32 heavy (non-hydrogen) atoms. The highest BCUT2D eigenvalue weighted by atomic mass is 19.1. The Balaban J connectivity index is 1.51. The van der Waals surface area contributed by atoms with Crippen LogP contribution in [-0.2, 0) is 9.53 Å². The lowest BCUT2D eigenvalue weighted by Crippen LogP contribution is -2.45. The number of benzene rings is 2. The fraction of sp³-hybridized carbons (Fsp3) is 0.346. The minimum absolute atomic E-state index is 0.108. The van der Waals surface area contributed by atoms with Crippen molar-refractivity contribution in [2.45, 2.75) is 39.2 Å². The quantitative estimate of drug-likeness (QED) is 0.565. The van der Waals surface area contributed by atoms with Crippen molar-refractivity contribution < 1.29 is 18.7 Å². The molecule has 0 bridgehead atoms. The van der Waals surface area contributed by atoms with Crippen molar-refractivity contribution in [3.05, 3.63) is 66.0 Å². The standard InChI is InChI=1S/C26H27FN2O3/c1-16-6-5-9-22(17(16)2)29-25(30)15-32-26(31)21-14-24(18-10-12-19(27)13-11-18)28-23-8-4-3-7-20(21)23/h3-4,7-8,10-14,16-17,22H,5-6,9,15H2,1-2H3,(H,29,30). The summed E-state index contributed by atoms with van der Waals surface area (Å²) in [6.07, 6.45) is 3.21. The summed E-state index contributed by atoms with van der Waals surface area (Å²) in [6, 6.07) is 14.9. The van der Waals surface area contributed by atoms with Gasteiger partial charge in [0.15, 0.2) is 6.61 Å². The summed E-state index contributed by atoms with van der Waals surface area (Å²) < 4.78 is 18.7. The molecule has 0 aliphatic heterocycles. The van der Waals surface area contributed by atoms with Crippen molar-refractivity contribution in [3.63, 3.8) is 0 Å². The lowest BCUT2D eigenvalue weighted by Gasteiger charge is -2.34. The first-order valence-corrected chi connectivity index (χ1v) is 11.0. The first kappa shape index (κ1) is 21.9. The maximum Gasteiger partial charge on any atom is 0.339 e. The molecule has 1 aliphatic rings. The number of fused-ring (bicyclic) bond motifs is 1. The Hall–Kier alpha value is -3.28. The molecule has 166 valence electrons. The van der Waals surface area contributed by atoms with Crippen LogP contribution in [0, 0.1) is 17.7 Å². The number of esters is 1. The Morgan fingerprint density at radius 2 is 1.84 bits per heavy atom. The van der Waals surface area contributed by atoms with Gasteiger partial charge in [0.1, 0.15) is 5.82 Å². The van der Waals surface area contributed by atoms with Gasteiger partial charge in [0.25, 0.3) is 5.91 Å². The van der Waals surface area contributed by atoms with Crippen LogP contribution in [-0.4, -0.2) is 29.5 Å². The highest BCUT2D eigenvalue weighted by molar-refractivity contribution is 6.05. The number of hydrogen-bond donors (Lipinski definition) is 1. The molecule has 0 saturated heterocycles. The molecular formula is C26H27FN2O3. The Morgan fingerprint density at radius 1 is 1.09 bits per heavy atom. The van der Waals surface area contributed by atoms with E-state index in [0.717, 1.165) is 12.8 Å². The average molecular weight is 435 g/mol. The molecule has 1 saturated carbocycles. The van der Waals surface area contributed by atoms with Crippen molar-refractivity contribution >= 4 is 22.8 Å². The molecule has 1 N–H and O–H groups in total. The number of pyridine rings is 1. The topological polar surface area (TPSA) is 68.3 Å². The number of nitrogens with zero attached hydrogens (tertiary/aromatic N) is 1. The molecule has 3 unspecified atom stereocenters. The van der Waals surface area contributed by atoms with E-state index >= 15 is 0 Å². The Labute approximate surface area is 187 Å². The van der Waals surface area contributed by atoms with Crippen molar-refractivity contribution in [2.24, 2.45) is 11.8 Å². The molecular weight excluding hydrogens is 407 g/mol. The van der Waals surface area contributed by atoms with Crippen molar-refractivity contribution in [3.8, 4) is 11.3 Å². The third-order valence-corrected chi connectivity index (χ3v) is 6.46. The summed E-state index contributed by atoms with van der Waals surface area (Å²) in [5.41, 5.74) is 2.16. The molecule has 2 aromatic carbocycles. The van der Waals surface area contributed by atoms with Crippen LogP contribution in [0.25, 0.3) is 22.2 Å². The molecule has 0 spiro atoms. The van der Waals surface area contributed by atoms with Crippen LogP contribution in [0.15, 0.2) is 54.6 Å². The van der Waals surface area contributed by atoms with Gasteiger partial charge < -0.3 is 10.1 Å². The molecule has 5 nitrogen and oxygen atoms in total. The molecule has 1 heterocycles. The zero-order valence-electron chi connectivity index (χ0n) is 18.3. The van der Waals surface area contributed by atoms with E-state index < -0.39 is 5.97 Å². The third kappa shape index (κ3) is 4.79. The number of halogens is 1. The molecule has 4 rings (SSSR count). The third-order valence-electron chi connectivity index (χ3n) is 6.46. The number of para-hydroxylation sites is 1. The summed E-state index contributed by atoms with van der Waals surface area (Å²) in [5.74, 6) is -0.272. The molecule has 0 radical (unpaired) electrons. The lowest BCUT2D eigenvalue weighted by atomic mass is 9.78. The van der Waals surface area contributed by atoms with Gasteiger partial charge in [0.05, 0.1) is 16.8 Å². The highest BCUT2D eigenvalue weighted by Crippen LogP contribution is 2.29. The Morgan fingerprint density at radius 3 is 2.62 bits per heavy atom. The van der Waals surface area contributed by atoms with Crippen LogP contribution >= 0.6 is 0 Å². The Kier molecular flexibility index (Phi) is 6.49. The molecule has 3 atom stereocenters. The summed E-state index contributed by atoms with van der Waals surface area (Å²) in [6.45, 7) is 4.02. The largest absolute Gasteiger partial charge is 0.452 e. The minimum atomic E-state index is -0.591. The number of amides is 1. The van der Waals surface area contributed by atoms with Gasteiger partial charge in [-0.25, -0.2) is 14.2 Å². The number of aromatic nitrogens is 1. The minimum Gasteiger partial charge on any atom is -0.452 e. The van der Waals surface area contributed by atoms with Crippen LogP contribution in [0.4, 0.5) is 4.39 Å². The van der Waals surface area contributed by atoms with E-state index in [4.69, 9.17) is 4.74 Å². The van der Waals surface area contributed by atoms with E-state index in [-0.39, 0.29) is 24.4 Å². The average Bonchev–Trinajstić information content (AvgIpc) is 2.80. The van der Waals surface area contributed by atoms with Gasteiger partial charge in [-0.3, -0.25) is 4.79 Å². The first-order chi connectivity index (χ1) is 15.4. The smallest absolute Gasteiger partial charge is 0.339 e. The van der Waals surface area contributed by atoms with Gasteiger partial charge >= 0.3 is 5.97 Å². The molecule has 1 amide bonds. The highest BCUT2D eigenvalue weighted by Gasteiger charge is 2.28. The Bertz CT molecular complexity index is 1130. The van der Waals surface area contributed by atoms with Gasteiger partial charge in [-0.05, 0) is 54.7 Å². The molecule has 3 aromatic rings. The zero-order chi connectivity index (χ0) is 22.7. The number of rotatable bonds is 5. The summed E-state index contributed by atoms with van der Waals surface area (Å²) in [7, 11) is 0. The van der Waals surface area contributed by atoms with Gasteiger partial charge in [-0.2, -0.15) is 0 Å². The van der Waals surface area contributed by atoms with Gasteiger partial charge in [-0.1, -0.05) is 44.9 Å². The zero-order valence-corrected chi connectivity index (χ0v) is 18.3. The molecule has 1 fully saturated rings. The maximum atomic E-state index is 13.3. The molecule has 1 aliphatic carbocycles. The fourth-order valence-electron chi connectivity index (χ4n) is 4.36. The van der Waals surface area contributed by atoms with E-state index in [0.29, 0.717) is 39.6 Å². The summed E-state index contributed by atoms with van der Waals surface area (Å²) in [5, 5.41) is 3.66. The van der Waals surface area contributed by atoms with E-state index in [1.54, 1.807) is 30.3 Å². The van der Waals surface area contributed by atoms with Gasteiger partial charge in [0.2, 0.25) is 0 Å². The van der Waals surface area contributed by atoms with E-state index in [1.807, 2.05) is 12.1 Å². The summed E-state index contributed by atoms with van der Waals surface area (Å²) in [4.78, 5) is 30.0. The van der Waals surface area contributed by atoms with Gasteiger partial charge in [-0.15, -0.1) is 0 Å². The number of nitrogens with one attached hydrogen (secondary N) is 1. The van der Waals surface area contributed by atoms with E-state index in [1.165, 1.54) is 18.6 Å². The van der Waals surface area contributed by atoms with Crippen LogP contribution in [0.3, 0.4) is 0 Å². The van der Waals surface area contributed by atoms with E-state index in [2.05, 4.69) is 24.1 Å². The molecule has 1 aromatic heterocycles. The fourth-order valence-corrected chi connectivity index (χ4v) is 4.36. The van der Waals surface area contributed by atoms with Crippen molar-refractivity contribution in [1.82, 2.24) is 10.3 Å². The lowest BCUT2D eigenvalue weighted by molar-refractivity contribution is -0.125. The predicted octanol–water partition coefficient (Wildman–Crippen LogP) is 5.14. The number of ether oxygens (including phenoxy) is 1. The first-order valence-electron chi connectivity index (χ1n) is 11.0. The normalized spacial score (nSPS) is 20.7. The van der Waals surface area contributed by atoms with Crippen molar-refractivity contribution in [1.29, 1.82) is 0 Å². The SMILES string of the molecule is CC1CCCC(NC(=O)COC(=O)c2cc(-c3ccc(F)cc3)nc3ccccc23)C1C. The monoisotopic (exact) mass is 434 g/mol. The second-order valence-corrected chi connectivity index (χ2v) is 8.60. The number of carbonyl (C=O) groups is 2. The van der Waals surface area contributed by atoms with E-state index in [9.17, 15) is 14.0 Å². The second kappa shape index (κ2) is 9.47. The molecule has 6 heteroatoms.